The minimum atomic E-state index is -0.174. The highest BCUT2D eigenvalue weighted by molar-refractivity contribution is 5.92. The van der Waals surface area contributed by atoms with E-state index < -0.39 is 0 Å². The van der Waals surface area contributed by atoms with Gasteiger partial charge >= 0.3 is 0 Å². The van der Waals surface area contributed by atoms with Crippen molar-refractivity contribution in [2.24, 2.45) is 5.41 Å². The third-order valence-corrected chi connectivity index (χ3v) is 4.23. The molecule has 0 heterocycles. The fourth-order valence-corrected chi connectivity index (χ4v) is 2.83. The second-order valence-electron chi connectivity index (χ2n) is 6.01. The van der Waals surface area contributed by atoms with Crippen molar-refractivity contribution in [2.45, 2.75) is 39.2 Å². The van der Waals surface area contributed by atoms with Crippen molar-refractivity contribution in [3.63, 3.8) is 0 Å². The summed E-state index contributed by atoms with van der Waals surface area (Å²) < 4.78 is 0. The average molecular weight is 273 g/mol. The van der Waals surface area contributed by atoms with E-state index in [2.05, 4.69) is 5.32 Å². The Morgan fingerprint density at radius 2 is 2.35 bits per heavy atom. The topological polar surface area (TPSA) is 49.3 Å². The van der Waals surface area contributed by atoms with Crippen molar-refractivity contribution in [2.75, 3.05) is 6.61 Å². The van der Waals surface area contributed by atoms with Gasteiger partial charge in [0.1, 0.15) is 0 Å². The number of amides is 1. The summed E-state index contributed by atoms with van der Waals surface area (Å²) in [5.41, 5.74) is 2.03. The van der Waals surface area contributed by atoms with E-state index in [1.807, 2.05) is 44.2 Å². The molecule has 0 spiro atoms. The highest BCUT2D eigenvalue weighted by Gasteiger charge is 2.38. The molecule has 3 nitrogen and oxygen atoms in total. The Hall–Kier alpha value is -1.61. The molecule has 1 aliphatic rings. The predicted octanol–water partition coefficient (Wildman–Crippen LogP) is 2.68. The van der Waals surface area contributed by atoms with Gasteiger partial charge in [-0.05, 0) is 31.4 Å². The molecule has 0 aliphatic heterocycles. The van der Waals surface area contributed by atoms with Crippen LogP contribution in [0.5, 0.6) is 0 Å². The van der Waals surface area contributed by atoms with Gasteiger partial charge in [-0.25, -0.2) is 0 Å². The van der Waals surface area contributed by atoms with Crippen molar-refractivity contribution in [1.29, 1.82) is 0 Å². The Bertz CT molecular complexity index is 509. The predicted molar refractivity (Wildman–Crippen MR) is 81.2 cm³/mol. The standard InChI is InChI=1S/C17H23NO2/c1-13-5-3-6-14(11-13)8-9-16(20)18-15-7-4-10-17(15,2)12-19/h3,5-6,8-9,11,15,19H,4,7,10,12H2,1-2H3,(H,18,20)/b9-8+. The van der Waals surface area contributed by atoms with Crippen LogP contribution in [-0.4, -0.2) is 23.7 Å². The van der Waals surface area contributed by atoms with E-state index >= 15 is 0 Å². The zero-order valence-corrected chi connectivity index (χ0v) is 12.2. The number of rotatable bonds is 4. The Morgan fingerprint density at radius 3 is 3.05 bits per heavy atom. The number of benzene rings is 1. The number of aliphatic hydroxyl groups is 1. The van der Waals surface area contributed by atoms with Crippen LogP contribution < -0.4 is 5.32 Å². The monoisotopic (exact) mass is 273 g/mol. The molecule has 2 unspecified atom stereocenters. The van der Waals surface area contributed by atoms with Crippen LogP contribution in [0.2, 0.25) is 0 Å². The first-order chi connectivity index (χ1) is 9.53. The number of hydrogen-bond acceptors (Lipinski definition) is 2. The van der Waals surface area contributed by atoms with Crippen LogP contribution in [0.4, 0.5) is 0 Å². The van der Waals surface area contributed by atoms with Crippen molar-refractivity contribution >= 4 is 12.0 Å². The zero-order valence-electron chi connectivity index (χ0n) is 12.2. The molecule has 1 aromatic rings. The molecule has 2 atom stereocenters. The zero-order chi connectivity index (χ0) is 14.6. The van der Waals surface area contributed by atoms with E-state index in [0.717, 1.165) is 24.8 Å². The number of carbonyl (C=O) groups is 1. The first-order valence-electron chi connectivity index (χ1n) is 7.20. The maximum absolute atomic E-state index is 12.0. The van der Waals surface area contributed by atoms with Gasteiger partial charge in [-0.3, -0.25) is 4.79 Å². The molecule has 108 valence electrons. The minimum Gasteiger partial charge on any atom is -0.396 e. The highest BCUT2D eigenvalue weighted by Crippen LogP contribution is 2.37. The first kappa shape index (κ1) is 14.8. The molecule has 1 aliphatic carbocycles. The minimum absolute atomic E-state index is 0.0714. The second-order valence-corrected chi connectivity index (χ2v) is 6.01. The van der Waals surface area contributed by atoms with Gasteiger partial charge in [-0.2, -0.15) is 0 Å². The van der Waals surface area contributed by atoms with Gasteiger partial charge in [-0.1, -0.05) is 43.2 Å². The Morgan fingerprint density at radius 1 is 1.55 bits per heavy atom. The largest absolute Gasteiger partial charge is 0.396 e. The fourth-order valence-electron chi connectivity index (χ4n) is 2.83. The van der Waals surface area contributed by atoms with E-state index in [1.54, 1.807) is 6.08 Å². The van der Waals surface area contributed by atoms with Crippen LogP contribution in [-0.2, 0) is 4.79 Å². The smallest absolute Gasteiger partial charge is 0.244 e. The summed E-state index contributed by atoms with van der Waals surface area (Å²) in [5.74, 6) is -0.0851. The Labute approximate surface area is 120 Å². The quantitative estimate of drug-likeness (QED) is 0.829. The molecule has 2 rings (SSSR count). The second kappa shape index (κ2) is 6.23. The van der Waals surface area contributed by atoms with Gasteiger partial charge in [0.2, 0.25) is 5.91 Å². The van der Waals surface area contributed by atoms with E-state index in [4.69, 9.17) is 0 Å². The number of nitrogens with one attached hydrogen (secondary N) is 1. The Balaban J connectivity index is 1.96. The molecule has 0 bridgehead atoms. The van der Waals surface area contributed by atoms with Crippen LogP contribution >= 0.6 is 0 Å². The molecular weight excluding hydrogens is 250 g/mol. The van der Waals surface area contributed by atoms with Crippen molar-refractivity contribution in [1.82, 2.24) is 5.32 Å². The van der Waals surface area contributed by atoms with E-state index in [1.165, 1.54) is 5.56 Å². The van der Waals surface area contributed by atoms with Gasteiger partial charge < -0.3 is 10.4 Å². The van der Waals surface area contributed by atoms with Crippen LogP contribution in [0.25, 0.3) is 6.08 Å². The molecule has 3 heteroatoms. The normalized spacial score (nSPS) is 26.1. The van der Waals surface area contributed by atoms with Gasteiger partial charge in [-0.15, -0.1) is 0 Å². The first-order valence-corrected chi connectivity index (χ1v) is 7.20. The summed E-state index contributed by atoms with van der Waals surface area (Å²) in [7, 11) is 0. The van der Waals surface area contributed by atoms with E-state index in [9.17, 15) is 9.90 Å². The number of aliphatic hydroxyl groups excluding tert-OH is 1. The summed E-state index contributed by atoms with van der Waals surface area (Å²) in [4.78, 5) is 12.0. The molecule has 1 amide bonds. The maximum atomic E-state index is 12.0. The molecule has 2 N–H and O–H groups in total. The van der Waals surface area contributed by atoms with Crippen LogP contribution in [0.3, 0.4) is 0 Å². The summed E-state index contributed by atoms with van der Waals surface area (Å²) in [5, 5.41) is 12.5. The Kier molecular flexibility index (Phi) is 4.61. The van der Waals surface area contributed by atoms with E-state index in [0.29, 0.717) is 0 Å². The van der Waals surface area contributed by atoms with Crippen molar-refractivity contribution in [3.05, 3.63) is 41.5 Å². The van der Waals surface area contributed by atoms with E-state index in [-0.39, 0.29) is 24.0 Å². The highest BCUT2D eigenvalue weighted by atomic mass is 16.3. The van der Waals surface area contributed by atoms with Gasteiger partial charge in [0.15, 0.2) is 0 Å². The lowest BCUT2D eigenvalue weighted by atomic mass is 9.86. The molecule has 0 radical (unpaired) electrons. The molecule has 0 saturated heterocycles. The van der Waals surface area contributed by atoms with Gasteiger partial charge in [0, 0.05) is 17.5 Å². The van der Waals surface area contributed by atoms with Crippen molar-refractivity contribution in [3.8, 4) is 0 Å². The fraction of sp³-hybridized carbons (Fsp3) is 0.471. The molecule has 1 aromatic carbocycles. The third kappa shape index (κ3) is 3.48. The molecule has 1 saturated carbocycles. The number of aryl methyl sites for hydroxylation is 1. The average Bonchev–Trinajstić information content (AvgIpc) is 2.79. The number of carbonyl (C=O) groups excluding carboxylic acids is 1. The van der Waals surface area contributed by atoms with Crippen LogP contribution in [0, 0.1) is 12.3 Å². The lowest BCUT2D eigenvalue weighted by Crippen LogP contribution is -2.44. The molecular formula is C17H23NO2. The summed E-state index contributed by atoms with van der Waals surface area (Å²) >= 11 is 0. The van der Waals surface area contributed by atoms with Gasteiger partial charge in [0.05, 0.1) is 6.61 Å². The summed E-state index contributed by atoms with van der Waals surface area (Å²) in [6.07, 6.45) is 6.37. The molecule has 0 aromatic heterocycles. The lowest BCUT2D eigenvalue weighted by Gasteiger charge is -2.29. The lowest BCUT2D eigenvalue weighted by molar-refractivity contribution is -0.117. The summed E-state index contributed by atoms with van der Waals surface area (Å²) in [6.45, 7) is 4.19. The van der Waals surface area contributed by atoms with Crippen LogP contribution in [0.1, 0.15) is 37.3 Å². The molecule has 1 fully saturated rings. The van der Waals surface area contributed by atoms with Gasteiger partial charge in [0.25, 0.3) is 0 Å². The van der Waals surface area contributed by atoms with Crippen molar-refractivity contribution < 1.29 is 9.90 Å². The SMILES string of the molecule is Cc1cccc(/C=C/C(=O)NC2CCCC2(C)CO)c1. The van der Waals surface area contributed by atoms with Crippen LogP contribution in [0.15, 0.2) is 30.3 Å². The number of hydrogen-bond donors (Lipinski definition) is 2. The maximum Gasteiger partial charge on any atom is 0.244 e. The third-order valence-electron chi connectivity index (χ3n) is 4.23. The molecule has 20 heavy (non-hydrogen) atoms. The summed E-state index contributed by atoms with van der Waals surface area (Å²) in [6, 6.07) is 8.10.